The van der Waals surface area contributed by atoms with Crippen LogP contribution in [0.3, 0.4) is 0 Å². The number of ether oxygens (including phenoxy) is 1. The molecule has 0 unspecified atom stereocenters. The van der Waals surface area contributed by atoms with E-state index in [9.17, 15) is 19.7 Å². The molecule has 1 aromatic rings. The number of nitro groups is 1. The molecule has 0 aromatic heterocycles. The monoisotopic (exact) mass is 294 g/mol. The second-order valence-electron chi connectivity index (χ2n) is 4.54. The van der Waals surface area contributed by atoms with Crippen molar-refractivity contribution in [3.63, 3.8) is 0 Å². The van der Waals surface area contributed by atoms with Gasteiger partial charge < -0.3 is 9.64 Å². The Morgan fingerprint density at radius 3 is 2.62 bits per heavy atom. The molecule has 7 nitrogen and oxygen atoms in total. The van der Waals surface area contributed by atoms with E-state index in [1.165, 1.54) is 23.1 Å². The fourth-order valence-electron chi connectivity index (χ4n) is 1.75. The lowest BCUT2D eigenvalue weighted by molar-refractivity contribution is -0.384. The lowest BCUT2D eigenvalue weighted by Gasteiger charge is -2.17. The Morgan fingerprint density at radius 1 is 1.38 bits per heavy atom. The Balaban J connectivity index is 2.80. The summed E-state index contributed by atoms with van der Waals surface area (Å²) in [7, 11) is 1.54. The zero-order valence-electron chi connectivity index (χ0n) is 12.3. The van der Waals surface area contributed by atoms with E-state index >= 15 is 0 Å². The van der Waals surface area contributed by atoms with Gasteiger partial charge in [0, 0.05) is 31.3 Å². The second-order valence-corrected chi connectivity index (χ2v) is 4.54. The Labute approximate surface area is 122 Å². The average molecular weight is 294 g/mol. The molecule has 0 fully saturated rings. The molecule has 0 N–H and O–H groups in total. The Morgan fingerprint density at radius 2 is 2.05 bits per heavy atom. The van der Waals surface area contributed by atoms with Crippen molar-refractivity contribution in [2.24, 2.45) is 0 Å². The molecule has 0 aliphatic heterocycles. The van der Waals surface area contributed by atoms with E-state index in [1.807, 2.05) is 0 Å². The smallest absolute Gasteiger partial charge is 0.307 e. The standard InChI is InChI=1S/C14H18N2O5/c1-4-21-13(17)7-8-15(3)14(18)12-9-11(16(19)20)6-5-10(12)2/h5-6,9H,4,7-8H2,1-3H3. The van der Waals surface area contributed by atoms with E-state index < -0.39 is 4.92 Å². The molecule has 0 radical (unpaired) electrons. The van der Waals surface area contributed by atoms with Crippen molar-refractivity contribution >= 4 is 17.6 Å². The lowest BCUT2D eigenvalue weighted by Crippen LogP contribution is -2.30. The molecule has 1 amide bonds. The predicted octanol–water partition coefficient (Wildman–Crippen LogP) is 1.93. The minimum Gasteiger partial charge on any atom is -0.466 e. The fourth-order valence-corrected chi connectivity index (χ4v) is 1.75. The van der Waals surface area contributed by atoms with E-state index in [0.717, 1.165) is 0 Å². The van der Waals surface area contributed by atoms with Gasteiger partial charge in [-0.25, -0.2) is 0 Å². The van der Waals surface area contributed by atoms with Gasteiger partial charge >= 0.3 is 5.97 Å². The number of non-ortho nitro benzene ring substituents is 1. The quantitative estimate of drug-likeness (QED) is 0.454. The van der Waals surface area contributed by atoms with Crippen LogP contribution >= 0.6 is 0 Å². The number of aryl methyl sites for hydroxylation is 1. The number of rotatable bonds is 6. The predicted molar refractivity (Wildman–Crippen MR) is 76.0 cm³/mol. The van der Waals surface area contributed by atoms with Crippen LogP contribution in [0.15, 0.2) is 18.2 Å². The normalized spacial score (nSPS) is 10.0. The van der Waals surface area contributed by atoms with Crippen LogP contribution in [-0.4, -0.2) is 41.9 Å². The largest absolute Gasteiger partial charge is 0.466 e. The van der Waals surface area contributed by atoms with Crippen LogP contribution in [0.2, 0.25) is 0 Å². The molecule has 114 valence electrons. The van der Waals surface area contributed by atoms with Gasteiger partial charge in [0.2, 0.25) is 0 Å². The molecule has 0 bridgehead atoms. The van der Waals surface area contributed by atoms with Crippen LogP contribution in [0.4, 0.5) is 5.69 Å². The topological polar surface area (TPSA) is 89.8 Å². The first-order valence-corrected chi connectivity index (χ1v) is 6.53. The summed E-state index contributed by atoms with van der Waals surface area (Å²) in [4.78, 5) is 35.1. The molecule has 7 heteroatoms. The Bertz CT molecular complexity index is 556. The maximum absolute atomic E-state index is 12.3. The first-order valence-electron chi connectivity index (χ1n) is 6.53. The minimum absolute atomic E-state index is 0.0874. The van der Waals surface area contributed by atoms with Gasteiger partial charge in [-0.05, 0) is 19.4 Å². The van der Waals surface area contributed by atoms with Crippen molar-refractivity contribution < 1.29 is 19.2 Å². The number of hydrogen-bond acceptors (Lipinski definition) is 5. The van der Waals surface area contributed by atoms with Gasteiger partial charge in [0.15, 0.2) is 0 Å². The molecule has 0 saturated carbocycles. The van der Waals surface area contributed by atoms with Crippen LogP contribution in [0, 0.1) is 17.0 Å². The molecule has 0 aliphatic carbocycles. The van der Waals surface area contributed by atoms with Gasteiger partial charge in [0.05, 0.1) is 18.0 Å². The van der Waals surface area contributed by atoms with Crippen LogP contribution in [-0.2, 0) is 9.53 Å². The van der Waals surface area contributed by atoms with Crippen LogP contribution in [0.1, 0.15) is 29.3 Å². The number of carbonyl (C=O) groups excluding carboxylic acids is 2. The number of benzene rings is 1. The van der Waals surface area contributed by atoms with Crippen molar-refractivity contribution in [1.82, 2.24) is 4.90 Å². The summed E-state index contributed by atoms with van der Waals surface area (Å²) < 4.78 is 4.79. The highest BCUT2D eigenvalue weighted by Gasteiger charge is 2.18. The molecule has 0 aliphatic rings. The van der Waals surface area contributed by atoms with Crippen LogP contribution in [0.25, 0.3) is 0 Å². The Hall–Kier alpha value is -2.44. The number of amides is 1. The average Bonchev–Trinajstić information content (AvgIpc) is 2.44. The van der Waals surface area contributed by atoms with Crippen molar-refractivity contribution in [1.29, 1.82) is 0 Å². The summed E-state index contributed by atoms with van der Waals surface area (Å²) in [6.07, 6.45) is 0.0874. The summed E-state index contributed by atoms with van der Waals surface area (Å²) in [6, 6.07) is 4.13. The lowest BCUT2D eigenvalue weighted by atomic mass is 10.1. The molecule has 1 aromatic carbocycles. The molecule has 0 atom stereocenters. The van der Waals surface area contributed by atoms with Gasteiger partial charge in [-0.3, -0.25) is 19.7 Å². The minimum atomic E-state index is -0.547. The maximum atomic E-state index is 12.3. The third kappa shape index (κ3) is 4.55. The molecular weight excluding hydrogens is 276 g/mol. The molecule has 0 saturated heterocycles. The van der Waals surface area contributed by atoms with Gasteiger partial charge in [0.1, 0.15) is 0 Å². The molecule has 1 rings (SSSR count). The summed E-state index contributed by atoms with van der Waals surface area (Å²) in [5, 5.41) is 10.8. The molecule has 0 heterocycles. The van der Waals surface area contributed by atoms with Crippen molar-refractivity contribution in [3.05, 3.63) is 39.4 Å². The van der Waals surface area contributed by atoms with Gasteiger partial charge in [0.25, 0.3) is 11.6 Å². The van der Waals surface area contributed by atoms with Gasteiger partial charge in [-0.15, -0.1) is 0 Å². The molecular formula is C14H18N2O5. The third-order valence-corrected chi connectivity index (χ3v) is 2.97. The highest BCUT2D eigenvalue weighted by molar-refractivity contribution is 5.96. The van der Waals surface area contributed by atoms with E-state index in [-0.39, 0.29) is 36.1 Å². The van der Waals surface area contributed by atoms with Gasteiger partial charge in [-0.1, -0.05) is 6.07 Å². The highest BCUT2D eigenvalue weighted by Crippen LogP contribution is 2.18. The van der Waals surface area contributed by atoms with E-state index in [2.05, 4.69) is 0 Å². The number of esters is 1. The van der Waals surface area contributed by atoms with Gasteiger partial charge in [-0.2, -0.15) is 0 Å². The third-order valence-electron chi connectivity index (χ3n) is 2.97. The number of carbonyl (C=O) groups is 2. The zero-order chi connectivity index (χ0) is 16.0. The summed E-state index contributed by atoms with van der Waals surface area (Å²) >= 11 is 0. The van der Waals surface area contributed by atoms with E-state index in [0.29, 0.717) is 12.2 Å². The number of nitrogens with zero attached hydrogens (tertiary/aromatic N) is 2. The van der Waals surface area contributed by atoms with Crippen LogP contribution < -0.4 is 0 Å². The number of nitro benzene ring substituents is 1. The summed E-state index contributed by atoms with van der Waals surface area (Å²) in [5.74, 6) is -0.742. The maximum Gasteiger partial charge on any atom is 0.307 e. The van der Waals surface area contributed by atoms with Crippen molar-refractivity contribution in [2.45, 2.75) is 20.3 Å². The SMILES string of the molecule is CCOC(=O)CCN(C)C(=O)c1cc([N+](=O)[O-])ccc1C. The van der Waals surface area contributed by atoms with Crippen molar-refractivity contribution in [3.8, 4) is 0 Å². The van der Waals surface area contributed by atoms with E-state index in [4.69, 9.17) is 4.74 Å². The first-order chi connectivity index (χ1) is 9.86. The van der Waals surface area contributed by atoms with E-state index in [1.54, 1.807) is 20.9 Å². The summed E-state index contributed by atoms with van der Waals surface area (Å²) in [6.45, 7) is 3.90. The summed E-state index contributed by atoms with van der Waals surface area (Å²) in [5.41, 5.74) is 0.770. The first kappa shape index (κ1) is 16.6. The highest BCUT2D eigenvalue weighted by atomic mass is 16.6. The zero-order valence-corrected chi connectivity index (χ0v) is 12.3. The van der Waals surface area contributed by atoms with Crippen LogP contribution in [0.5, 0.6) is 0 Å². The van der Waals surface area contributed by atoms with Crippen molar-refractivity contribution in [2.75, 3.05) is 20.2 Å². The second kappa shape index (κ2) is 7.37. The molecule has 21 heavy (non-hydrogen) atoms. The molecule has 0 spiro atoms. The Kier molecular flexibility index (Phi) is 5.83. The fraction of sp³-hybridized carbons (Fsp3) is 0.429. The number of hydrogen-bond donors (Lipinski definition) is 0.